The first-order valence-electron chi connectivity index (χ1n) is 4.21. The van der Waals surface area contributed by atoms with Crippen LogP contribution in [0.4, 0.5) is 4.39 Å². The smallest absolute Gasteiger partial charge is 0.240 e. The molecule has 2 rings (SSSR count). The van der Waals surface area contributed by atoms with Gasteiger partial charge < -0.3 is 0 Å². The van der Waals surface area contributed by atoms with Gasteiger partial charge in [-0.1, -0.05) is 18.2 Å². The predicted octanol–water partition coefficient (Wildman–Crippen LogP) is 1.93. The molecule has 0 amide bonds. The van der Waals surface area contributed by atoms with E-state index in [1.165, 1.54) is 12.3 Å². The van der Waals surface area contributed by atoms with Gasteiger partial charge in [-0.2, -0.15) is 0 Å². The summed E-state index contributed by atoms with van der Waals surface area (Å²) in [5, 5.41) is -1.05. The van der Waals surface area contributed by atoms with E-state index in [4.69, 9.17) is 10.7 Å². The van der Waals surface area contributed by atoms with Crippen LogP contribution in [-0.2, 0) is 9.05 Å². The molecule has 0 saturated heterocycles. The van der Waals surface area contributed by atoms with Crippen LogP contribution in [0.25, 0.3) is 0 Å². The highest BCUT2D eigenvalue weighted by Crippen LogP contribution is 2.35. The van der Waals surface area contributed by atoms with Gasteiger partial charge in [0.2, 0.25) is 9.05 Å². The summed E-state index contributed by atoms with van der Waals surface area (Å²) in [7, 11) is 1.43. The number of hydrogen-bond donors (Lipinski definition) is 0. The van der Waals surface area contributed by atoms with E-state index >= 15 is 0 Å². The lowest BCUT2D eigenvalue weighted by Crippen LogP contribution is -2.30. The van der Waals surface area contributed by atoms with Crippen molar-refractivity contribution >= 4 is 25.9 Å². The lowest BCUT2D eigenvalue weighted by atomic mass is 9.89. The van der Waals surface area contributed by atoms with Gasteiger partial charge in [-0.3, -0.25) is 4.99 Å². The van der Waals surface area contributed by atoms with Gasteiger partial charge in [0.1, 0.15) is 11.1 Å². The van der Waals surface area contributed by atoms with E-state index in [1.54, 1.807) is 12.2 Å². The van der Waals surface area contributed by atoms with Crippen LogP contribution in [0.5, 0.6) is 0 Å². The van der Waals surface area contributed by atoms with Crippen molar-refractivity contribution < 1.29 is 12.8 Å². The third-order valence-corrected chi connectivity index (χ3v) is 4.02. The fourth-order valence-corrected chi connectivity index (χ4v) is 3.03. The molecule has 1 heterocycles. The first kappa shape index (κ1) is 10.6. The lowest BCUT2D eigenvalue weighted by molar-refractivity contribution is 0.504. The standard InChI is InChI=1S/C9H7ClFNO2S/c10-15(13,14)8-3-1-2-6-4-12-5-7(11)9(6)8/h1-5,8-9H. The molecule has 1 aliphatic heterocycles. The molecule has 0 aromatic heterocycles. The monoisotopic (exact) mass is 247 g/mol. The number of fused-ring (bicyclic) bond motifs is 1. The third kappa shape index (κ3) is 1.89. The van der Waals surface area contributed by atoms with Crippen LogP contribution < -0.4 is 0 Å². The molecule has 0 fully saturated rings. The molecule has 0 aromatic rings. The Labute approximate surface area is 91.1 Å². The van der Waals surface area contributed by atoms with Gasteiger partial charge in [0.15, 0.2) is 0 Å². The fraction of sp³-hybridized carbons (Fsp3) is 0.222. The number of nitrogens with zero attached hydrogens (tertiary/aromatic N) is 1. The van der Waals surface area contributed by atoms with Gasteiger partial charge >= 0.3 is 0 Å². The molecule has 3 nitrogen and oxygen atoms in total. The van der Waals surface area contributed by atoms with Crippen LogP contribution in [0.2, 0.25) is 0 Å². The molecule has 80 valence electrons. The highest BCUT2D eigenvalue weighted by molar-refractivity contribution is 8.14. The Kier molecular flexibility index (Phi) is 2.52. The first-order valence-corrected chi connectivity index (χ1v) is 6.58. The van der Waals surface area contributed by atoms with Crippen molar-refractivity contribution in [1.29, 1.82) is 0 Å². The summed E-state index contributed by atoms with van der Waals surface area (Å²) in [6, 6.07) is 0. The summed E-state index contributed by atoms with van der Waals surface area (Å²) in [5.74, 6) is -1.43. The van der Waals surface area contributed by atoms with Crippen molar-refractivity contribution in [2.75, 3.05) is 0 Å². The quantitative estimate of drug-likeness (QED) is 0.665. The molecule has 15 heavy (non-hydrogen) atoms. The largest absolute Gasteiger partial charge is 0.262 e. The number of rotatable bonds is 1. The maximum Gasteiger partial charge on any atom is 0.240 e. The Morgan fingerprint density at radius 2 is 2.20 bits per heavy atom. The van der Waals surface area contributed by atoms with Crippen molar-refractivity contribution in [3.63, 3.8) is 0 Å². The molecular formula is C9H7ClFNO2S. The summed E-state index contributed by atoms with van der Waals surface area (Å²) >= 11 is 0. The van der Waals surface area contributed by atoms with Gasteiger partial charge in [-0.15, -0.1) is 0 Å². The van der Waals surface area contributed by atoms with Crippen LogP contribution in [0.1, 0.15) is 0 Å². The zero-order valence-corrected chi connectivity index (χ0v) is 9.04. The maximum absolute atomic E-state index is 13.4. The topological polar surface area (TPSA) is 46.5 Å². The molecule has 0 spiro atoms. The fourth-order valence-electron chi connectivity index (χ4n) is 1.65. The molecule has 0 saturated carbocycles. The summed E-state index contributed by atoms with van der Waals surface area (Å²) < 4.78 is 35.9. The summed E-state index contributed by atoms with van der Waals surface area (Å²) in [5.41, 5.74) is 0.520. The molecule has 6 heteroatoms. The second-order valence-electron chi connectivity index (χ2n) is 3.26. The minimum Gasteiger partial charge on any atom is -0.262 e. The lowest BCUT2D eigenvalue weighted by Gasteiger charge is -2.25. The third-order valence-electron chi connectivity index (χ3n) is 2.32. The molecular weight excluding hydrogens is 241 g/mol. The first-order chi connectivity index (χ1) is 7.00. The van der Waals surface area contributed by atoms with E-state index in [0.29, 0.717) is 5.57 Å². The van der Waals surface area contributed by atoms with Gasteiger partial charge in [0, 0.05) is 16.9 Å². The van der Waals surface area contributed by atoms with E-state index in [2.05, 4.69) is 4.99 Å². The van der Waals surface area contributed by atoms with E-state index in [-0.39, 0.29) is 0 Å². The molecule has 0 bridgehead atoms. The van der Waals surface area contributed by atoms with E-state index in [9.17, 15) is 12.8 Å². The number of halogens is 2. The van der Waals surface area contributed by atoms with Gasteiger partial charge in [-0.05, 0) is 5.57 Å². The summed E-state index contributed by atoms with van der Waals surface area (Å²) in [4.78, 5) is 3.66. The average molecular weight is 248 g/mol. The van der Waals surface area contributed by atoms with Crippen LogP contribution in [0, 0.1) is 5.92 Å². The van der Waals surface area contributed by atoms with Crippen LogP contribution in [0.3, 0.4) is 0 Å². The normalized spacial score (nSPS) is 29.5. The molecule has 2 unspecified atom stereocenters. The number of hydrogen-bond acceptors (Lipinski definition) is 3. The second-order valence-corrected chi connectivity index (χ2v) is 6.05. The number of aliphatic imine (C=N–C) groups is 1. The maximum atomic E-state index is 13.4. The molecule has 2 atom stereocenters. The Morgan fingerprint density at radius 3 is 2.87 bits per heavy atom. The van der Waals surface area contributed by atoms with E-state index in [1.807, 2.05) is 0 Å². The molecule has 0 N–H and O–H groups in total. The van der Waals surface area contributed by atoms with E-state index in [0.717, 1.165) is 6.20 Å². The van der Waals surface area contributed by atoms with E-state index < -0.39 is 26.0 Å². The highest BCUT2D eigenvalue weighted by atomic mass is 35.7. The van der Waals surface area contributed by atoms with Crippen molar-refractivity contribution in [3.05, 3.63) is 35.8 Å². The summed E-state index contributed by atoms with van der Waals surface area (Å²) in [6.45, 7) is 0. The van der Waals surface area contributed by atoms with Gasteiger partial charge in [-0.25, -0.2) is 12.8 Å². The van der Waals surface area contributed by atoms with Crippen LogP contribution in [-0.4, -0.2) is 19.9 Å². The molecule has 0 aromatic carbocycles. The van der Waals surface area contributed by atoms with Crippen molar-refractivity contribution in [1.82, 2.24) is 0 Å². The van der Waals surface area contributed by atoms with Gasteiger partial charge in [0.25, 0.3) is 0 Å². The van der Waals surface area contributed by atoms with Crippen LogP contribution in [0.15, 0.2) is 40.8 Å². The highest BCUT2D eigenvalue weighted by Gasteiger charge is 2.37. The van der Waals surface area contributed by atoms with Crippen molar-refractivity contribution in [2.24, 2.45) is 10.9 Å². The predicted molar refractivity (Wildman–Crippen MR) is 57.0 cm³/mol. The molecule has 2 aliphatic rings. The number of allylic oxidation sites excluding steroid dienone is 4. The van der Waals surface area contributed by atoms with Gasteiger partial charge in [0.05, 0.1) is 12.1 Å². The van der Waals surface area contributed by atoms with Crippen molar-refractivity contribution in [3.8, 4) is 0 Å². The second kappa shape index (κ2) is 3.57. The van der Waals surface area contributed by atoms with Crippen LogP contribution >= 0.6 is 10.7 Å². The zero-order valence-electron chi connectivity index (χ0n) is 7.47. The minimum absolute atomic E-state index is 0.520. The average Bonchev–Trinajstić information content (AvgIpc) is 2.16. The SMILES string of the molecule is O=S(=O)(Cl)C1C=CC=C2C=NC=C(F)C21. The Balaban J connectivity index is 2.48. The minimum atomic E-state index is -3.83. The molecule has 1 aliphatic carbocycles. The Hall–Kier alpha value is -0.940. The van der Waals surface area contributed by atoms with Crippen molar-refractivity contribution in [2.45, 2.75) is 5.25 Å². The Bertz CT molecular complexity index is 504. The summed E-state index contributed by atoms with van der Waals surface area (Å²) in [6.07, 6.45) is 6.99. The Morgan fingerprint density at radius 1 is 1.47 bits per heavy atom. The zero-order chi connectivity index (χ0) is 11.1. The molecule has 0 radical (unpaired) electrons.